The van der Waals surface area contributed by atoms with E-state index in [-0.39, 0.29) is 12.4 Å². The maximum atomic E-state index is 6.02. The van der Waals surface area contributed by atoms with Gasteiger partial charge in [0.1, 0.15) is 0 Å². The fourth-order valence-electron chi connectivity index (χ4n) is 1.16. The van der Waals surface area contributed by atoms with Crippen molar-refractivity contribution in [3.05, 3.63) is 33.8 Å². The lowest BCUT2D eigenvalue weighted by molar-refractivity contribution is 0.552. The van der Waals surface area contributed by atoms with Gasteiger partial charge in [0.15, 0.2) is 0 Å². The van der Waals surface area contributed by atoms with Crippen LogP contribution >= 0.6 is 35.6 Å². The van der Waals surface area contributed by atoms with Crippen molar-refractivity contribution in [2.24, 2.45) is 5.92 Å². The SMILES string of the molecule is CC(C)CNCc1ccc(Cl)cc1Cl.Cl. The first-order chi connectivity index (χ1) is 6.59. The molecule has 0 amide bonds. The highest BCUT2D eigenvalue weighted by molar-refractivity contribution is 6.35. The Morgan fingerprint density at radius 1 is 1.27 bits per heavy atom. The van der Waals surface area contributed by atoms with Gasteiger partial charge < -0.3 is 5.32 Å². The monoisotopic (exact) mass is 267 g/mol. The zero-order chi connectivity index (χ0) is 10.6. The van der Waals surface area contributed by atoms with Crippen molar-refractivity contribution in [2.45, 2.75) is 20.4 Å². The van der Waals surface area contributed by atoms with Gasteiger partial charge in [-0.3, -0.25) is 0 Å². The third-order valence-corrected chi connectivity index (χ3v) is 2.47. The van der Waals surface area contributed by atoms with E-state index in [1.54, 1.807) is 6.07 Å². The first kappa shape index (κ1) is 15.0. The van der Waals surface area contributed by atoms with Gasteiger partial charge in [0.25, 0.3) is 0 Å². The number of halogens is 3. The highest BCUT2D eigenvalue weighted by Gasteiger charge is 2.01. The molecule has 0 fully saturated rings. The van der Waals surface area contributed by atoms with Gasteiger partial charge in [0.05, 0.1) is 0 Å². The van der Waals surface area contributed by atoms with Crippen LogP contribution in [0.4, 0.5) is 0 Å². The van der Waals surface area contributed by atoms with E-state index in [0.717, 1.165) is 23.7 Å². The Labute approximate surface area is 108 Å². The van der Waals surface area contributed by atoms with Crippen LogP contribution in [-0.4, -0.2) is 6.54 Å². The molecule has 0 bridgehead atoms. The van der Waals surface area contributed by atoms with E-state index in [1.807, 2.05) is 12.1 Å². The lowest BCUT2D eigenvalue weighted by Gasteiger charge is -2.08. The normalized spacial score (nSPS) is 10.2. The van der Waals surface area contributed by atoms with Gasteiger partial charge in [-0.05, 0) is 30.2 Å². The fraction of sp³-hybridized carbons (Fsp3) is 0.455. The van der Waals surface area contributed by atoms with Gasteiger partial charge in [-0.25, -0.2) is 0 Å². The standard InChI is InChI=1S/C11H15Cl2N.ClH/c1-8(2)6-14-7-9-3-4-10(12)5-11(9)13;/h3-5,8,14H,6-7H2,1-2H3;1H. The van der Waals surface area contributed by atoms with E-state index in [4.69, 9.17) is 23.2 Å². The molecule has 15 heavy (non-hydrogen) atoms. The molecule has 1 nitrogen and oxygen atoms in total. The van der Waals surface area contributed by atoms with E-state index in [0.29, 0.717) is 10.9 Å². The van der Waals surface area contributed by atoms with Crippen LogP contribution in [0.5, 0.6) is 0 Å². The van der Waals surface area contributed by atoms with Gasteiger partial charge in [0, 0.05) is 16.6 Å². The molecular weight excluding hydrogens is 252 g/mol. The van der Waals surface area contributed by atoms with Crippen LogP contribution in [0.2, 0.25) is 10.0 Å². The predicted molar refractivity (Wildman–Crippen MR) is 70.3 cm³/mol. The second kappa shape index (κ2) is 7.34. The minimum Gasteiger partial charge on any atom is -0.312 e. The van der Waals surface area contributed by atoms with Gasteiger partial charge in [-0.15, -0.1) is 12.4 Å². The van der Waals surface area contributed by atoms with Crippen molar-refractivity contribution in [1.82, 2.24) is 5.32 Å². The molecule has 1 rings (SSSR count). The summed E-state index contributed by atoms with van der Waals surface area (Å²) < 4.78 is 0. The Balaban J connectivity index is 0.00000196. The van der Waals surface area contributed by atoms with Crippen molar-refractivity contribution in [3.63, 3.8) is 0 Å². The van der Waals surface area contributed by atoms with Crippen LogP contribution in [0.3, 0.4) is 0 Å². The molecule has 1 N–H and O–H groups in total. The van der Waals surface area contributed by atoms with E-state index < -0.39 is 0 Å². The molecule has 1 aromatic rings. The summed E-state index contributed by atoms with van der Waals surface area (Å²) in [5.74, 6) is 0.654. The average Bonchev–Trinajstić information content (AvgIpc) is 2.08. The smallest absolute Gasteiger partial charge is 0.0465 e. The minimum absolute atomic E-state index is 0. The molecule has 0 atom stereocenters. The van der Waals surface area contributed by atoms with Crippen molar-refractivity contribution in [2.75, 3.05) is 6.54 Å². The molecule has 0 saturated heterocycles. The van der Waals surface area contributed by atoms with E-state index in [1.165, 1.54) is 0 Å². The first-order valence-corrected chi connectivity index (χ1v) is 5.50. The summed E-state index contributed by atoms with van der Waals surface area (Å²) in [5.41, 5.74) is 1.09. The summed E-state index contributed by atoms with van der Waals surface area (Å²) in [6.45, 7) is 6.15. The summed E-state index contributed by atoms with van der Waals surface area (Å²) in [7, 11) is 0. The van der Waals surface area contributed by atoms with Gasteiger partial charge in [-0.1, -0.05) is 43.1 Å². The first-order valence-electron chi connectivity index (χ1n) is 4.74. The number of hydrogen-bond acceptors (Lipinski definition) is 1. The number of benzene rings is 1. The summed E-state index contributed by atoms with van der Waals surface area (Å²) in [6, 6.07) is 5.59. The Morgan fingerprint density at radius 2 is 1.93 bits per heavy atom. The Morgan fingerprint density at radius 3 is 2.47 bits per heavy atom. The number of hydrogen-bond donors (Lipinski definition) is 1. The molecule has 0 aliphatic rings. The van der Waals surface area contributed by atoms with Crippen LogP contribution in [-0.2, 0) is 6.54 Å². The molecule has 0 saturated carbocycles. The zero-order valence-corrected chi connectivity index (χ0v) is 11.2. The van der Waals surface area contributed by atoms with Crippen molar-refractivity contribution >= 4 is 35.6 Å². The summed E-state index contributed by atoms with van der Waals surface area (Å²) in [5, 5.41) is 4.75. The highest BCUT2D eigenvalue weighted by atomic mass is 35.5. The molecule has 0 radical (unpaired) electrons. The topological polar surface area (TPSA) is 12.0 Å². The van der Waals surface area contributed by atoms with Gasteiger partial charge in [-0.2, -0.15) is 0 Å². The zero-order valence-electron chi connectivity index (χ0n) is 8.89. The molecule has 0 aliphatic carbocycles. The fourth-order valence-corrected chi connectivity index (χ4v) is 1.64. The Kier molecular flexibility index (Phi) is 7.37. The molecule has 0 aliphatic heterocycles. The van der Waals surface area contributed by atoms with Crippen LogP contribution < -0.4 is 5.32 Å². The van der Waals surface area contributed by atoms with E-state index >= 15 is 0 Å². The van der Waals surface area contributed by atoms with Crippen LogP contribution in [0.1, 0.15) is 19.4 Å². The molecule has 0 heterocycles. The van der Waals surface area contributed by atoms with Crippen molar-refractivity contribution in [3.8, 4) is 0 Å². The second-order valence-corrected chi connectivity index (χ2v) is 4.60. The molecule has 0 spiro atoms. The summed E-state index contributed by atoms with van der Waals surface area (Å²) in [4.78, 5) is 0. The average molecular weight is 269 g/mol. The molecule has 86 valence electrons. The molecule has 0 aromatic heterocycles. The second-order valence-electron chi connectivity index (χ2n) is 3.76. The third kappa shape index (κ3) is 5.62. The van der Waals surface area contributed by atoms with E-state index in [9.17, 15) is 0 Å². The predicted octanol–water partition coefficient (Wildman–Crippen LogP) is 4.16. The van der Waals surface area contributed by atoms with Crippen LogP contribution in [0.15, 0.2) is 18.2 Å². The Bertz CT molecular complexity index is 300. The largest absolute Gasteiger partial charge is 0.312 e. The van der Waals surface area contributed by atoms with E-state index in [2.05, 4.69) is 19.2 Å². The van der Waals surface area contributed by atoms with Gasteiger partial charge >= 0.3 is 0 Å². The molecule has 4 heteroatoms. The van der Waals surface area contributed by atoms with Crippen molar-refractivity contribution < 1.29 is 0 Å². The van der Waals surface area contributed by atoms with Gasteiger partial charge in [0.2, 0.25) is 0 Å². The Hall–Kier alpha value is 0.0500. The number of rotatable bonds is 4. The third-order valence-electron chi connectivity index (χ3n) is 1.88. The summed E-state index contributed by atoms with van der Waals surface area (Å²) in [6.07, 6.45) is 0. The molecular formula is C11H16Cl3N. The quantitative estimate of drug-likeness (QED) is 0.864. The minimum atomic E-state index is 0. The number of nitrogens with one attached hydrogen (secondary N) is 1. The lowest BCUT2D eigenvalue weighted by Crippen LogP contribution is -2.19. The summed E-state index contributed by atoms with van der Waals surface area (Å²) >= 11 is 11.8. The molecule has 0 unspecified atom stereocenters. The highest BCUT2D eigenvalue weighted by Crippen LogP contribution is 2.20. The van der Waals surface area contributed by atoms with Crippen LogP contribution in [0.25, 0.3) is 0 Å². The van der Waals surface area contributed by atoms with Crippen molar-refractivity contribution in [1.29, 1.82) is 0 Å². The maximum Gasteiger partial charge on any atom is 0.0465 e. The molecule has 1 aromatic carbocycles. The maximum absolute atomic E-state index is 6.02. The lowest BCUT2D eigenvalue weighted by atomic mass is 10.2. The van der Waals surface area contributed by atoms with Crippen LogP contribution in [0, 0.1) is 5.92 Å².